The standard InChI is InChI=1S/C12H18N4OS/c1-8-4-10-11(14-7-15-12(10)18-8)16(2)5-9(13)6-17-3/h4,7,9H,5-6,13H2,1-3H3. The van der Waals surface area contributed by atoms with Gasteiger partial charge in [-0.25, -0.2) is 9.97 Å². The van der Waals surface area contributed by atoms with Crippen molar-refractivity contribution < 1.29 is 4.74 Å². The third kappa shape index (κ3) is 2.77. The Kier molecular flexibility index (Phi) is 4.11. The van der Waals surface area contributed by atoms with Crippen LogP contribution in [0.3, 0.4) is 0 Å². The lowest BCUT2D eigenvalue weighted by Gasteiger charge is -2.22. The van der Waals surface area contributed by atoms with Crippen molar-refractivity contribution in [3.8, 4) is 0 Å². The first kappa shape index (κ1) is 13.2. The van der Waals surface area contributed by atoms with Gasteiger partial charge >= 0.3 is 0 Å². The maximum atomic E-state index is 5.96. The van der Waals surface area contributed by atoms with Crippen LogP contribution in [0.15, 0.2) is 12.4 Å². The van der Waals surface area contributed by atoms with Gasteiger partial charge in [-0.2, -0.15) is 0 Å². The summed E-state index contributed by atoms with van der Waals surface area (Å²) in [7, 11) is 3.65. The summed E-state index contributed by atoms with van der Waals surface area (Å²) in [6.07, 6.45) is 1.60. The van der Waals surface area contributed by atoms with Crippen LogP contribution >= 0.6 is 11.3 Å². The molecule has 0 saturated carbocycles. The van der Waals surface area contributed by atoms with Gasteiger partial charge in [0, 0.05) is 31.6 Å². The summed E-state index contributed by atoms with van der Waals surface area (Å²) in [4.78, 5) is 13.0. The molecular weight excluding hydrogens is 248 g/mol. The molecule has 1 atom stereocenters. The summed E-state index contributed by atoms with van der Waals surface area (Å²) < 4.78 is 5.05. The number of methoxy groups -OCH3 is 1. The van der Waals surface area contributed by atoms with Crippen LogP contribution in [0.1, 0.15) is 4.88 Å². The molecule has 2 heterocycles. The van der Waals surface area contributed by atoms with E-state index in [1.165, 1.54) is 4.88 Å². The molecule has 0 aromatic carbocycles. The van der Waals surface area contributed by atoms with Crippen molar-refractivity contribution in [1.29, 1.82) is 0 Å². The Hall–Kier alpha value is -1.24. The fraction of sp³-hybridized carbons (Fsp3) is 0.500. The van der Waals surface area contributed by atoms with E-state index in [0.29, 0.717) is 13.2 Å². The summed E-state index contributed by atoms with van der Waals surface area (Å²) >= 11 is 1.68. The van der Waals surface area contributed by atoms with Gasteiger partial charge in [-0.05, 0) is 13.0 Å². The first-order chi connectivity index (χ1) is 8.61. The molecule has 6 heteroatoms. The van der Waals surface area contributed by atoms with Gasteiger partial charge in [0.25, 0.3) is 0 Å². The van der Waals surface area contributed by atoms with E-state index in [9.17, 15) is 0 Å². The van der Waals surface area contributed by atoms with Crippen molar-refractivity contribution in [3.05, 3.63) is 17.3 Å². The molecule has 0 amide bonds. The fourth-order valence-corrected chi connectivity index (χ4v) is 2.81. The fourth-order valence-electron chi connectivity index (χ4n) is 1.97. The molecule has 2 aromatic heterocycles. The average Bonchev–Trinajstić information content (AvgIpc) is 2.68. The van der Waals surface area contributed by atoms with Crippen molar-refractivity contribution in [2.75, 3.05) is 32.2 Å². The van der Waals surface area contributed by atoms with Crippen LogP contribution in [0.2, 0.25) is 0 Å². The van der Waals surface area contributed by atoms with E-state index in [-0.39, 0.29) is 6.04 Å². The molecule has 1 unspecified atom stereocenters. The molecule has 98 valence electrons. The Bertz CT molecular complexity index is 528. The Balaban J connectivity index is 2.24. The molecule has 2 rings (SSSR count). The third-order valence-corrected chi connectivity index (χ3v) is 3.64. The van der Waals surface area contributed by atoms with E-state index in [2.05, 4.69) is 27.9 Å². The second-order valence-corrected chi connectivity index (χ2v) is 5.60. The summed E-state index contributed by atoms with van der Waals surface area (Å²) in [5, 5.41) is 1.09. The maximum absolute atomic E-state index is 5.96. The number of anilines is 1. The second-order valence-electron chi connectivity index (χ2n) is 4.37. The van der Waals surface area contributed by atoms with E-state index in [0.717, 1.165) is 16.0 Å². The second kappa shape index (κ2) is 5.60. The van der Waals surface area contributed by atoms with Gasteiger partial charge in [0.1, 0.15) is 17.0 Å². The highest BCUT2D eigenvalue weighted by molar-refractivity contribution is 7.18. The van der Waals surface area contributed by atoms with E-state index < -0.39 is 0 Å². The molecule has 5 nitrogen and oxygen atoms in total. The van der Waals surface area contributed by atoms with Crippen LogP contribution in [0.25, 0.3) is 10.2 Å². The van der Waals surface area contributed by atoms with Crippen LogP contribution in [0.5, 0.6) is 0 Å². The SMILES string of the molecule is COCC(N)CN(C)c1ncnc2sc(C)cc12. The number of fused-ring (bicyclic) bond motifs is 1. The molecule has 0 fully saturated rings. The number of aromatic nitrogens is 2. The molecular formula is C12H18N4OS. The van der Waals surface area contributed by atoms with Crippen molar-refractivity contribution in [3.63, 3.8) is 0 Å². The monoisotopic (exact) mass is 266 g/mol. The average molecular weight is 266 g/mol. The van der Waals surface area contributed by atoms with Crippen molar-refractivity contribution in [2.45, 2.75) is 13.0 Å². The van der Waals surface area contributed by atoms with Crippen LogP contribution < -0.4 is 10.6 Å². The van der Waals surface area contributed by atoms with Crippen LogP contribution in [0, 0.1) is 6.92 Å². The van der Waals surface area contributed by atoms with Gasteiger partial charge in [0.05, 0.1) is 12.0 Å². The maximum Gasteiger partial charge on any atom is 0.140 e. The van der Waals surface area contributed by atoms with Gasteiger partial charge in [0.2, 0.25) is 0 Å². The minimum atomic E-state index is -0.0234. The topological polar surface area (TPSA) is 64.3 Å². The molecule has 0 aliphatic heterocycles. The molecule has 18 heavy (non-hydrogen) atoms. The van der Waals surface area contributed by atoms with Crippen molar-refractivity contribution in [1.82, 2.24) is 9.97 Å². The van der Waals surface area contributed by atoms with E-state index in [4.69, 9.17) is 10.5 Å². The number of rotatable bonds is 5. The van der Waals surface area contributed by atoms with E-state index in [1.807, 2.05) is 7.05 Å². The molecule has 0 bridgehead atoms. The predicted molar refractivity (Wildman–Crippen MR) is 75.3 cm³/mol. The third-order valence-electron chi connectivity index (χ3n) is 2.68. The first-order valence-corrected chi connectivity index (χ1v) is 6.60. The quantitative estimate of drug-likeness (QED) is 0.886. The number of thiophene rings is 1. The number of aryl methyl sites for hydroxylation is 1. The lowest BCUT2D eigenvalue weighted by molar-refractivity contribution is 0.181. The number of nitrogens with two attached hydrogens (primary N) is 1. The number of nitrogens with zero attached hydrogens (tertiary/aromatic N) is 3. The number of hydrogen-bond acceptors (Lipinski definition) is 6. The summed E-state index contributed by atoms with van der Waals surface area (Å²) in [6, 6.07) is 2.10. The lowest BCUT2D eigenvalue weighted by atomic mass is 10.3. The number of likely N-dealkylation sites (N-methyl/N-ethyl adjacent to an activating group) is 1. The highest BCUT2D eigenvalue weighted by atomic mass is 32.1. The zero-order valence-electron chi connectivity index (χ0n) is 10.9. The highest BCUT2D eigenvalue weighted by Gasteiger charge is 2.13. The zero-order chi connectivity index (χ0) is 13.1. The molecule has 0 aliphatic rings. The minimum absolute atomic E-state index is 0.0234. The van der Waals surface area contributed by atoms with E-state index in [1.54, 1.807) is 24.8 Å². The summed E-state index contributed by atoms with van der Waals surface area (Å²) in [5.74, 6) is 0.927. The van der Waals surface area contributed by atoms with Gasteiger partial charge < -0.3 is 15.4 Å². The summed E-state index contributed by atoms with van der Waals surface area (Å²) in [6.45, 7) is 3.32. The van der Waals surface area contributed by atoms with Gasteiger partial charge in [-0.1, -0.05) is 0 Å². The lowest BCUT2D eigenvalue weighted by Crippen LogP contribution is -2.38. The first-order valence-electron chi connectivity index (χ1n) is 5.78. The molecule has 2 aromatic rings. The largest absolute Gasteiger partial charge is 0.383 e. The predicted octanol–water partition coefficient (Wildman–Crippen LogP) is 1.41. The Morgan fingerprint density at radius 3 is 3.00 bits per heavy atom. The smallest absolute Gasteiger partial charge is 0.140 e. The van der Waals surface area contributed by atoms with Crippen molar-refractivity contribution in [2.24, 2.45) is 5.73 Å². The molecule has 0 aliphatic carbocycles. The molecule has 0 saturated heterocycles. The Morgan fingerprint density at radius 1 is 1.50 bits per heavy atom. The Morgan fingerprint density at radius 2 is 2.28 bits per heavy atom. The summed E-state index contributed by atoms with van der Waals surface area (Å²) in [5.41, 5.74) is 5.96. The molecule has 0 spiro atoms. The number of ether oxygens (including phenoxy) is 1. The van der Waals surface area contributed by atoms with Crippen molar-refractivity contribution >= 4 is 27.4 Å². The Labute approximate surface area is 111 Å². The van der Waals surface area contributed by atoms with Crippen LogP contribution in [-0.2, 0) is 4.74 Å². The molecule has 2 N–H and O–H groups in total. The molecule has 0 radical (unpaired) electrons. The van der Waals surface area contributed by atoms with Gasteiger partial charge in [-0.15, -0.1) is 11.3 Å². The van der Waals surface area contributed by atoms with E-state index >= 15 is 0 Å². The normalized spacial score (nSPS) is 12.9. The minimum Gasteiger partial charge on any atom is -0.383 e. The van der Waals surface area contributed by atoms with Gasteiger partial charge in [0.15, 0.2) is 0 Å². The highest BCUT2D eigenvalue weighted by Crippen LogP contribution is 2.29. The van der Waals surface area contributed by atoms with Crippen LogP contribution in [-0.4, -0.2) is 43.3 Å². The number of hydrogen-bond donors (Lipinski definition) is 1. The van der Waals surface area contributed by atoms with Gasteiger partial charge in [-0.3, -0.25) is 0 Å². The van der Waals surface area contributed by atoms with Crippen LogP contribution in [0.4, 0.5) is 5.82 Å². The zero-order valence-corrected chi connectivity index (χ0v) is 11.7.